The first kappa shape index (κ1) is 17.0. The van der Waals surface area contributed by atoms with Crippen LogP contribution in [0.2, 0.25) is 0 Å². The van der Waals surface area contributed by atoms with Gasteiger partial charge in [-0.1, -0.05) is 17.4 Å². The molecule has 0 radical (unpaired) electrons. The maximum Gasteiger partial charge on any atom is 0.263 e. The highest BCUT2D eigenvalue weighted by Gasteiger charge is 2.18. The van der Waals surface area contributed by atoms with Crippen molar-refractivity contribution in [2.24, 2.45) is 0 Å². The van der Waals surface area contributed by atoms with E-state index in [4.69, 9.17) is 12.2 Å². The maximum absolute atomic E-state index is 12.2. The Morgan fingerprint density at radius 2 is 2.36 bits per heavy atom. The van der Waals surface area contributed by atoms with Gasteiger partial charge in [-0.25, -0.2) is 4.98 Å². The molecule has 3 N–H and O–H groups in total. The lowest BCUT2D eigenvalue weighted by Gasteiger charge is -2.01. The van der Waals surface area contributed by atoms with Crippen molar-refractivity contribution in [3.63, 3.8) is 0 Å². The molecule has 3 rings (SSSR count). The highest BCUT2D eigenvalue weighted by atomic mass is 32.1. The van der Waals surface area contributed by atoms with Crippen LogP contribution in [0, 0.1) is 11.7 Å². The van der Waals surface area contributed by atoms with Crippen LogP contribution in [-0.2, 0) is 6.54 Å². The highest BCUT2D eigenvalue weighted by Crippen LogP contribution is 2.31. The highest BCUT2D eigenvalue weighted by molar-refractivity contribution is 7.71. The van der Waals surface area contributed by atoms with E-state index in [1.165, 1.54) is 23.6 Å². The van der Waals surface area contributed by atoms with Crippen molar-refractivity contribution >= 4 is 34.6 Å². The molecule has 0 aromatic carbocycles. The number of aromatic nitrogens is 5. The zero-order valence-electron chi connectivity index (χ0n) is 13.2. The molecule has 0 fully saturated rings. The molecule has 0 bridgehead atoms. The Labute approximate surface area is 151 Å². The van der Waals surface area contributed by atoms with E-state index < -0.39 is 11.5 Å². The Morgan fingerprint density at radius 1 is 1.56 bits per heavy atom. The fourth-order valence-electron chi connectivity index (χ4n) is 2.21. The smallest absolute Gasteiger partial charge is 0.263 e. The summed E-state index contributed by atoms with van der Waals surface area (Å²) in [7, 11) is 0. The van der Waals surface area contributed by atoms with Gasteiger partial charge >= 0.3 is 0 Å². The van der Waals surface area contributed by atoms with Crippen molar-refractivity contribution in [1.29, 1.82) is 0 Å². The SMILES string of the molecule is C=CCn1c(-c2sc(NC(=O)c3ccc[nH]c3=O)nc2C)n[nH]c1=S. The number of allylic oxidation sites excluding steroid dienone is 1. The van der Waals surface area contributed by atoms with Gasteiger partial charge in [-0.15, -0.1) is 6.58 Å². The van der Waals surface area contributed by atoms with Crippen LogP contribution >= 0.6 is 23.6 Å². The number of carbonyl (C=O) groups excluding carboxylic acids is 1. The van der Waals surface area contributed by atoms with Gasteiger partial charge in [0.05, 0.1) is 10.6 Å². The predicted molar refractivity (Wildman–Crippen MR) is 98.5 cm³/mol. The number of nitrogens with zero attached hydrogens (tertiary/aromatic N) is 3. The van der Waals surface area contributed by atoms with Gasteiger partial charge in [0.25, 0.3) is 11.5 Å². The van der Waals surface area contributed by atoms with E-state index in [2.05, 4.69) is 32.1 Å². The molecule has 3 aromatic rings. The standard InChI is InChI=1S/C15H14N6O2S2/c1-3-7-21-11(19-20-15(21)24)10-8(2)17-14(25-10)18-13(23)9-5-4-6-16-12(9)22/h3-6H,1,7H2,2H3,(H,16,22)(H,20,24)(H,17,18,23). The first-order valence-corrected chi connectivity index (χ1v) is 8.46. The van der Waals surface area contributed by atoms with E-state index in [0.29, 0.717) is 28.0 Å². The average Bonchev–Trinajstić information content (AvgIpc) is 3.11. The van der Waals surface area contributed by atoms with Crippen molar-refractivity contribution in [2.45, 2.75) is 13.5 Å². The lowest BCUT2D eigenvalue weighted by Crippen LogP contribution is -2.22. The molecule has 0 atom stereocenters. The first-order valence-electron chi connectivity index (χ1n) is 7.24. The second-order valence-corrected chi connectivity index (χ2v) is 6.44. The number of thiazole rings is 1. The molecular formula is C15H14N6O2S2. The summed E-state index contributed by atoms with van der Waals surface area (Å²) in [6.07, 6.45) is 3.18. The Bertz CT molecular complexity index is 1060. The molecule has 0 spiro atoms. The average molecular weight is 374 g/mol. The summed E-state index contributed by atoms with van der Waals surface area (Å²) < 4.78 is 2.26. The van der Waals surface area contributed by atoms with E-state index in [-0.39, 0.29) is 5.56 Å². The van der Waals surface area contributed by atoms with Crippen LogP contribution < -0.4 is 10.9 Å². The van der Waals surface area contributed by atoms with E-state index in [9.17, 15) is 9.59 Å². The van der Waals surface area contributed by atoms with E-state index in [0.717, 1.165) is 4.88 Å². The monoisotopic (exact) mass is 374 g/mol. The van der Waals surface area contributed by atoms with Gasteiger partial charge in [-0.3, -0.25) is 24.6 Å². The van der Waals surface area contributed by atoms with Crippen LogP contribution in [-0.4, -0.2) is 30.6 Å². The molecule has 0 saturated heterocycles. The molecule has 1 amide bonds. The number of carbonyl (C=O) groups is 1. The molecule has 0 aliphatic rings. The lowest BCUT2D eigenvalue weighted by molar-refractivity contribution is 0.102. The van der Waals surface area contributed by atoms with Gasteiger partial charge in [0, 0.05) is 12.7 Å². The van der Waals surface area contributed by atoms with Gasteiger partial charge in [-0.2, -0.15) is 5.10 Å². The third kappa shape index (κ3) is 3.35. The van der Waals surface area contributed by atoms with Gasteiger partial charge in [0.1, 0.15) is 5.56 Å². The molecule has 0 unspecified atom stereocenters. The predicted octanol–water partition coefficient (Wildman–Crippen LogP) is 2.50. The number of rotatable bonds is 5. The Kier molecular flexibility index (Phi) is 4.72. The minimum atomic E-state index is -0.521. The fraction of sp³-hybridized carbons (Fsp3) is 0.133. The molecule has 25 heavy (non-hydrogen) atoms. The number of pyridine rings is 1. The summed E-state index contributed by atoms with van der Waals surface area (Å²) in [5.74, 6) is 0.102. The topological polar surface area (TPSA) is 108 Å². The summed E-state index contributed by atoms with van der Waals surface area (Å²) in [5, 5.41) is 9.99. The second-order valence-electron chi connectivity index (χ2n) is 5.05. The number of hydrogen-bond acceptors (Lipinski definition) is 6. The lowest BCUT2D eigenvalue weighted by atomic mass is 10.3. The van der Waals surface area contributed by atoms with E-state index >= 15 is 0 Å². The van der Waals surface area contributed by atoms with Gasteiger partial charge in [0.15, 0.2) is 15.7 Å². The molecule has 128 valence electrons. The van der Waals surface area contributed by atoms with Crippen LogP contribution in [0.5, 0.6) is 0 Å². The van der Waals surface area contributed by atoms with Crippen LogP contribution in [0.4, 0.5) is 5.13 Å². The zero-order valence-corrected chi connectivity index (χ0v) is 14.8. The minimum absolute atomic E-state index is 0.0197. The minimum Gasteiger partial charge on any atom is -0.328 e. The summed E-state index contributed by atoms with van der Waals surface area (Å²) in [4.78, 5) is 31.5. The summed E-state index contributed by atoms with van der Waals surface area (Å²) >= 11 is 6.47. The summed E-state index contributed by atoms with van der Waals surface area (Å²) in [5.41, 5.74) is 0.258. The van der Waals surface area contributed by atoms with Crippen molar-refractivity contribution in [3.8, 4) is 10.7 Å². The second kappa shape index (κ2) is 6.95. The molecule has 3 aromatic heterocycles. The van der Waals surface area contributed by atoms with E-state index in [1.807, 2.05) is 6.92 Å². The molecule has 0 saturated carbocycles. The van der Waals surface area contributed by atoms with Crippen LogP contribution in [0.1, 0.15) is 16.1 Å². The van der Waals surface area contributed by atoms with Gasteiger partial charge in [-0.05, 0) is 31.3 Å². The summed E-state index contributed by atoms with van der Waals surface area (Å²) in [6.45, 7) is 6.03. The number of nitrogens with one attached hydrogen (secondary N) is 3. The zero-order chi connectivity index (χ0) is 18.0. The fourth-order valence-corrected chi connectivity index (χ4v) is 3.38. The van der Waals surface area contributed by atoms with Crippen LogP contribution in [0.3, 0.4) is 0 Å². The molecule has 0 aliphatic carbocycles. The number of hydrogen-bond donors (Lipinski definition) is 3. The van der Waals surface area contributed by atoms with Crippen molar-refractivity contribution in [1.82, 2.24) is 24.7 Å². The number of amides is 1. The number of aryl methyl sites for hydroxylation is 1. The molecular weight excluding hydrogens is 360 g/mol. The molecule has 10 heteroatoms. The van der Waals surface area contributed by atoms with Gasteiger partial charge < -0.3 is 4.98 Å². The number of anilines is 1. The number of H-pyrrole nitrogens is 2. The van der Waals surface area contributed by atoms with Crippen molar-refractivity contribution < 1.29 is 4.79 Å². The first-order chi connectivity index (χ1) is 12.0. The third-order valence-corrected chi connectivity index (χ3v) is 4.73. The normalized spacial score (nSPS) is 10.6. The molecule has 0 aliphatic heterocycles. The van der Waals surface area contributed by atoms with Crippen molar-refractivity contribution in [3.05, 3.63) is 57.4 Å². The van der Waals surface area contributed by atoms with Crippen molar-refractivity contribution in [2.75, 3.05) is 5.32 Å². The molecule has 3 heterocycles. The largest absolute Gasteiger partial charge is 0.328 e. The molecule has 8 nitrogen and oxygen atoms in total. The quantitative estimate of drug-likeness (QED) is 0.470. The van der Waals surface area contributed by atoms with E-state index in [1.54, 1.807) is 16.7 Å². The Balaban J connectivity index is 1.92. The van der Waals surface area contributed by atoms with Gasteiger partial charge in [0.2, 0.25) is 0 Å². The summed E-state index contributed by atoms with van der Waals surface area (Å²) in [6, 6.07) is 3.03. The Morgan fingerprint density at radius 3 is 3.08 bits per heavy atom. The number of aromatic amines is 2. The Hall–Kier alpha value is -2.85. The third-order valence-electron chi connectivity index (χ3n) is 3.35. The van der Waals surface area contributed by atoms with Crippen LogP contribution in [0.25, 0.3) is 10.7 Å². The maximum atomic E-state index is 12.2. The van der Waals surface area contributed by atoms with Crippen LogP contribution in [0.15, 0.2) is 35.8 Å².